The molecule has 7 heteroatoms. The number of hydrogen-bond acceptors (Lipinski definition) is 5. The smallest absolute Gasteiger partial charge is 0.242 e. The van der Waals surface area contributed by atoms with Crippen LogP contribution in [0.15, 0.2) is 22.9 Å². The molecular formula is C18H27N5O2. The molecule has 3 rings (SSSR count). The van der Waals surface area contributed by atoms with Crippen molar-refractivity contribution in [2.45, 2.75) is 57.9 Å². The Morgan fingerprint density at radius 2 is 2.44 bits per heavy atom. The van der Waals surface area contributed by atoms with E-state index in [2.05, 4.69) is 32.5 Å². The van der Waals surface area contributed by atoms with Crippen molar-refractivity contribution in [3.05, 3.63) is 29.8 Å². The van der Waals surface area contributed by atoms with Gasteiger partial charge in [-0.2, -0.15) is 5.10 Å². The molecule has 1 fully saturated rings. The molecule has 0 unspecified atom stereocenters. The van der Waals surface area contributed by atoms with Gasteiger partial charge in [-0.05, 0) is 38.8 Å². The molecule has 0 bridgehead atoms. The van der Waals surface area contributed by atoms with Gasteiger partial charge in [-0.3, -0.25) is 14.8 Å². The molecule has 1 saturated heterocycles. The summed E-state index contributed by atoms with van der Waals surface area (Å²) < 4.78 is 5.05. The number of nitrogens with one attached hydrogen (secondary N) is 2. The Kier molecular flexibility index (Phi) is 5.86. The number of likely N-dealkylation sites (tertiary alicyclic amines) is 1. The third-order valence-corrected chi connectivity index (χ3v) is 4.87. The first kappa shape index (κ1) is 17.7. The number of carbonyl (C=O) groups excluding carboxylic acids is 1. The number of piperidine rings is 1. The van der Waals surface area contributed by atoms with Gasteiger partial charge in [-0.1, -0.05) is 24.9 Å². The number of unbranched alkanes of at least 4 members (excludes halogenated alkanes) is 1. The third-order valence-electron chi connectivity index (χ3n) is 4.87. The fourth-order valence-corrected chi connectivity index (χ4v) is 3.55. The first-order valence-electron chi connectivity index (χ1n) is 9.15. The molecule has 1 aliphatic rings. The Bertz CT molecular complexity index is 667. The van der Waals surface area contributed by atoms with Crippen LogP contribution in [0.1, 0.15) is 56.4 Å². The molecule has 0 aromatic carbocycles. The number of hydrogen-bond donors (Lipinski definition) is 2. The van der Waals surface area contributed by atoms with E-state index < -0.39 is 0 Å². The maximum absolute atomic E-state index is 12.9. The molecule has 2 N–H and O–H groups in total. The van der Waals surface area contributed by atoms with Crippen LogP contribution in [0.5, 0.6) is 0 Å². The van der Waals surface area contributed by atoms with Crippen LogP contribution in [0, 0.1) is 6.92 Å². The third kappa shape index (κ3) is 4.48. The average Bonchev–Trinajstić information content (AvgIpc) is 3.27. The minimum Gasteiger partial charge on any atom is -0.360 e. The lowest BCUT2D eigenvalue weighted by atomic mass is 9.92. The Hall–Kier alpha value is -2.15. The van der Waals surface area contributed by atoms with Crippen molar-refractivity contribution in [1.29, 1.82) is 0 Å². The molecule has 1 amide bonds. The maximum atomic E-state index is 12.9. The van der Waals surface area contributed by atoms with Crippen molar-refractivity contribution in [2.24, 2.45) is 0 Å². The van der Waals surface area contributed by atoms with Crippen LogP contribution in [0.3, 0.4) is 0 Å². The Labute approximate surface area is 148 Å². The number of aryl methyl sites for hydroxylation is 1. The predicted octanol–water partition coefficient (Wildman–Crippen LogP) is 3.08. The van der Waals surface area contributed by atoms with E-state index in [-0.39, 0.29) is 11.9 Å². The van der Waals surface area contributed by atoms with Crippen molar-refractivity contribution >= 4 is 11.7 Å². The van der Waals surface area contributed by atoms with Crippen molar-refractivity contribution in [1.82, 2.24) is 20.3 Å². The second-order valence-electron chi connectivity index (χ2n) is 6.82. The Morgan fingerprint density at radius 1 is 1.56 bits per heavy atom. The molecule has 0 saturated carbocycles. The number of nitrogens with zero attached hydrogens (tertiary/aromatic N) is 3. The van der Waals surface area contributed by atoms with E-state index >= 15 is 0 Å². The van der Waals surface area contributed by atoms with Crippen molar-refractivity contribution in [3.8, 4) is 0 Å². The van der Waals surface area contributed by atoms with E-state index in [0.717, 1.165) is 50.9 Å². The molecule has 0 spiro atoms. The van der Waals surface area contributed by atoms with E-state index in [1.807, 2.05) is 13.0 Å². The number of aromatic amines is 1. The standard InChI is InChI=1S/C18H27N5O2/c1-3-4-7-16(18(24)20-17-11-13(2)25-22-17)23-10-5-6-14(12-23)15-8-9-19-21-15/h8-9,11,14,16H,3-7,10,12H2,1-2H3,(H,19,21)(H,20,22,24)/t14-,16-/m1/s1. The molecule has 25 heavy (non-hydrogen) atoms. The van der Waals surface area contributed by atoms with Crippen LogP contribution in [-0.2, 0) is 4.79 Å². The van der Waals surface area contributed by atoms with Crippen LogP contribution >= 0.6 is 0 Å². The van der Waals surface area contributed by atoms with Gasteiger partial charge in [0, 0.05) is 30.4 Å². The van der Waals surface area contributed by atoms with Gasteiger partial charge in [0.15, 0.2) is 5.82 Å². The summed E-state index contributed by atoms with van der Waals surface area (Å²) in [5.74, 6) is 1.60. The number of H-pyrrole nitrogens is 1. The van der Waals surface area contributed by atoms with Gasteiger partial charge in [0.05, 0.1) is 6.04 Å². The van der Waals surface area contributed by atoms with Gasteiger partial charge in [0.1, 0.15) is 5.76 Å². The molecule has 136 valence electrons. The largest absolute Gasteiger partial charge is 0.360 e. The van der Waals surface area contributed by atoms with E-state index in [0.29, 0.717) is 17.5 Å². The molecule has 2 aromatic heterocycles. The van der Waals surface area contributed by atoms with Crippen LogP contribution in [0.25, 0.3) is 0 Å². The lowest BCUT2D eigenvalue weighted by Crippen LogP contribution is -2.48. The van der Waals surface area contributed by atoms with Gasteiger partial charge in [-0.25, -0.2) is 0 Å². The first-order valence-corrected chi connectivity index (χ1v) is 9.15. The fraction of sp³-hybridized carbons (Fsp3) is 0.611. The highest BCUT2D eigenvalue weighted by atomic mass is 16.5. The maximum Gasteiger partial charge on any atom is 0.242 e. The summed E-state index contributed by atoms with van der Waals surface area (Å²) in [5.41, 5.74) is 1.16. The van der Waals surface area contributed by atoms with Gasteiger partial charge in [0.2, 0.25) is 5.91 Å². The zero-order chi connectivity index (χ0) is 17.6. The number of carbonyl (C=O) groups is 1. The number of rotatable bonds is 7. The van der Waals surface area contributed by atoms with Crippen LogP contribution < -0.4 is 5.32 Å². The Balaban J connectivity index is 1.69. The zero-order valence-electron chi connectivity index (χ0n) is 15.0. The molecule has 3 heterocycles. The van der Waals surface area contributed by atoms with Gasteiger partial charge in [0.25, 0.3) is 0 Å². The SMILES string of the molecule is CCCC[C@H](C(=O)Nc1cc(C)on1)N1CCC[C@@H](c2ccn[nH]2)C1. The highest BCUT2D eigenvalue weighted by Gasteiger charge is 2.31. The molecule has 2 aromatic rings. The molecule has 0 radical (unpaired) electrons. The van der Waals surface area contributed by atoms with Crippen LogP contribution in [0.2, 0.25) is 0 Å². The molecule has 0 aliphatic carbocycles. The topological polar surface area (TPSA) is 87.1 Å². The summed E-state index contributed by atoms with van der Waals surface area (Å²) in [4.78, 5) is 15.2. The van der Waals surface area contributed by atoms with E-state index in [1.165, 1.54) is 0 Å². The molecule has 2 atom stereocenters. The molecule has 7 nitrogen and oxygen atoms in total. The number of anilines is 1. The summed E-state index contributed by atoms with van der Waals surface area (Å²) in [6, 6.07) is 3.65. The second kappa shape index (κ2) is 8.29. The van der Waals surface area contributed by atoms with Gasteiger partial charge in [-0.15, -0.1) is 0 Å². The average molecular weight is 345 g/mol. The van der Waals surface area contributed by atoms with E-state index in [4.69, 9.17) is 4.52 Å². The summed E-state index contributed by atoms with van der Waals surface area (Å²) in [7, 11) is 0. The zero-order valence-corrected chi connectivity index (χ0v) is 15.0. The number of aromatic nitrogens is 3. The predicted molar refractivity (Wildman–Crippen MR) is 95.3 cm³/mol. The lowest BCUT2D eigenvalue weighted by molar-refractivity contribution is -0.122. The minimum absolute atomic E-state index is 0.00649. The lowest BCUT2D eigenvalue weighted by Gasteiger charge is -2.37. The van der Waals surface area contributed by atoms with Crippen LogP contribution in [-0.4, -0.2) is 45.3 Å². The van der Waals surface area contributed by atoms with Gasteiger partial charge < -0.3 is 9.84 Å². The highest BCUT2D eigenvalue weighted by Crippen LogP contribution is 2.28. The normalized spacial score (nSPS) is 19.7. The highest BCUT2D eigenvalue weighted by molar-refractivity contribution is 5.94. The van der Waals surface area contributed by atoms with Crippen molar-refractivity contribution in [2.75, 3.05) is 18.4 Å². The molecule has 1 aliphatic heterocycles. The fourth-order valence-electron chi connectivity index (χ4n) is 3.55. The van der Waals surface area contributed by atoms with E-state index in [9.17, 15) is 4.79 Å². The van der Waals surface area contributed by atoms with Gasteiger partial charge >= 0.3 is 0 Å². The van der Waals surface area contributed by atoms with Crippen molar-refractivity contribution in [3.63, 3.8) is 0 Å². The Morgan fingerprint density at radius 3 is 3.12 bits per heavy atom. The summed E-state index contributed by atoms with van der Waals surface area (Å²) in [6.45, 7) is 5.79. The second-order valence-corrected chi connectivity index (χ2v) is 6.82. The minimum atomic E-state index is -0.136. The summed E-state index contributed by atoms with van der Waals surface area (Å²) in [5, 5.41) is 13.9. The van der Waals surface area contributed by atoms with Crippen LogP contribution in [0.4, 0.5) is 5.82 Å². The first-order chi connectivity index (χ1) is 12.2. The molecular weight excluding hydrogens is 318 g/mol. The summed E-state index contributed by atoms with van der Waals surface area (Å²) >= 11 is 0. The van der Waals surface area contributed by atoms with Crippen molar-refractivity contribution < 1.29 is 9.32 Å². The summed E-state index contributed by atoms with van der Waals surface area (Å²) in [6.07, 6.45) is 6.97. The van der Waals surface area contributed by atoms with E-state index in [1.54, 1.807) is 12.3 Å². The quantitative estimate of drug-likeness (QED) is 0.805. The number of amides is 1. The monoisotopic (exact) mass is 345 g/mol.